The van der Waals surface area contributed by atoms with Gasteiger partial charge in [0.25, 0.3) is 0 Å². The zero-order chi connectivity index (χ0) is 17.5. The van der Waals surface area contributed by atoms with E-state index in [2.05, 4.69) is 55.1 Å². The number of piperidine rings is 1. The van der Waals surface area contributed by atoms with Gasteiger partial charge in [0, 0.05) is 49.6 Å². The average molecular weight is 352 g/mol. The highest BCUT2D eigenvalue weighted by Crippen LogP contribution is 2.17. The molecule has 1 aromatic heterocycles. The lowest BCUT2D eigenvalue weighted by atomic mass is 10.0. The fraction of sp³-hybridized carbons (Fsp3) is 0.778. The Morgan fingerprint density at radius 2 is 2.04 bits per heavy atom. The van der Waals surface area contributed by atoms with Crippen LogP contribution in [-0.4, -0.2) is 54.1 Å². The molecule has 2 rings (SSSR count). The average Bonchev–Trinajstić information content (AvgIpc) is 2.86. The van der Waals surface area contributed by atoms with E-state index in [0.29, 0.717) is 12.1 Å². The zero-order valence-corrected chi connectivity index (χ0v) is 16.7. The smallest absolute Gasteiger partial charge is 0.191 e. The third-order valence-corrected chi connectivity index (χ3v) is 5.69. The second-order valence-electron chi connectivity index (χ2n) is 6.80. The van der Waals surface area contributed by atoms with Gasteiger partial charge >= 0.3 is 0 Å². The van der Waals surface area contributed by atoms with Crippen molar-refractivity contribution in [2.45, 2.75) is 66.0 Å². The second-order valence-corrected chi connectivity index (χ2v) is 8.09. The maximum atomic E-state index is 4.77. The molecule has 136 valence electrons. The van der Waals surface area contributed by atoms with Gasteiger partial charge in [-0.1, -0.05) is 0 Å². The van der Waals surface area contributed by atoms with Crippen molar-refractivity contribution in [3.05, 3.63) is 15.6 Å². The topological polar surface area (TPSA) is 52.6 Å². The van der Waals surface area contributed by atoms with E-state index in [-0.39, 0.29) is 0 Å². The van der Waals surface area contributed by atoms with Gasteiger partial charge in [0.05, 0.1) is 10.7 Å². The van der Waals surface area contributed by atoms with E-state index in [1.165, 1.54) is 30.8 Å². The molecule has 6 heteroatoms. The Morgan fingerprint density at radius 3 is 2.58 bits per heavy atom. The van der Waals surface area contributed by atoms with E-state index in [1.807, 2.05) is 0 Å². The van der Waals surface area contributed by atoms with Crippen molar-refractivity contribution in [3.8, 4) is 0 Å². The molecule has 0 amide bonds. The van der Waals surface area contributed by atoms with Gasteiger partial charge in [-0.25, -0.2) is 4.98 Å². The third-order valence-electron chi connectivity index (χ3n) is 4.55. The molecule has 2 N–H and O–H groups in total. The molecule has 0 radical (unpaired) electrons. The van der Waals surface area contributed by atoms with Crippen LogP contribution < -0.4 is 10.6 Å². The minimum atomic E-state index is 0.533. The number of aryl methyl sites for hydroxylation is 2. The minimum absolute atomic E-state index is 0.533. The fourth-order valence-electron chi connectivity index (χ4n) is 3.15. The molecule has 0 saturated carbocycles. The maximum absolute atomic E-state index is 4.77. The monoisotopic (exact) mass is 351 g/mol. The molecule has 0 aromatic carbocycles. The van der Waals surface area contributed by atoms with Crippen LogP contribution in [0.1, 0.15) is 49.2 Å². The van der Waals surface area contributed by atoms with Crippen molar-refractivity contribution in [3.63, 3.8) is 0 Å². The van der Waals surface area contributed by atoms with Crippen LogP contribution >= 0.6 is 11.3 Å². The first kappa shape index (κ1) is 19.2. The van der Waals surface area contributed by atoms with Crippen molar-refractivity contribution >= 4 is 17.3 Å². The minimum Gasteiger partial charge on any atom is -0.357 e. The van der Waals surface area contributed by atoms with Gasteiger partial charge < -0.3 is 15.5 Å². The van der Waals surface area contributed by atoms with E-state index in [1.54, 1.807) is 11.3 Å². The Balaban J connectivity index is 1.83. The summed E-state index contributed by atoms with van der Waals surface area (Å²) in [4.78, 5) is 13.2. The van der Waals surface area contributed by atoms with Gasteiger partial charge in [-0.2, -0.15) is 0 Å². The molecule has 2 heterocycles. The first-order valence-electron chi connectivity index (χ1n) is 9.21. The summed E-state index contributed by atoms with van der Waals surface area (Å²) in [6.45, 7) is 14.9. The van der Waals surface area contributed by atoms with Crippen molar-refractivity contribution in [1.82, 2.24) is 20.5 Å². The maximum Gasteiger partial charge on any atom is 0.191 e. The van der Waals surface area contributed by atoms with Crippen molar-refractivity contribution < 1.29 is 0 Å². The van der Waals surface area contributed by atoms with Crippen LogP contribution in [0.5, 0.6) is 0 Å². The van der Waals surface area contributed by atoms with Gasteiger partial charge in [0.15, 0.2) is 5.96 Å². The van der Waals surface area contributed by atoms with Gasteiger partial charge in [-0.05, 0) is 47.5 Å². The summed E-state index contributed by atoms with van der Waals surface area (Å²) >= 11 is 1.79. The van der Waals surface area contributed by atoms with Crippen LogP contribution in [-0.2, 0) is 6.42 Å². The molecule has 0 unspecified atom stereocenters. The molecule has 1 aliphatic rings. The molecule has 1 fully saturated rings. The molecule has 1 saturated heterocycles. The van der Waals surface area contributed by atoms with E-state index in [4.69, 9.17) is 4.99 Å². The Bertz CT molecular complexity index is 530. The summed E-state index contributed by atoms with van der Waals surface area (Å²) in [6.07, 6.45) is 3.35. The largest absolute Gasteiger partial charge is 0.357 e. The molecule has 24 heavy (non-hydrogen) atoms. The number of aromatic nitrogens is 1. The molecule has 5 nitrogen and oxygen atoms in total. The van der Waals surface area contributed by atoms with Crippen LogP contribution in [0.25, 0.3) is 0 Å². The molecule has 0 aliphatic carbocycles. The number of aliphatic imine (C=N–C) groups is 1. The quantitative estimate of drug-likeness (QED) is 0.611. The molecule has 0 atom stereocenters. The van der Waals surface area contributed by atoms with Gasteiger partial charge in [0.1, 0.15) is 0 Å². The van der Waals surface area contributed by atoms with Crippen LogP contribution in [0.4, 0.5) is 0 Å². The van der Waals surface area contributed by atoms with Gasteiger partial charge in [-0.3, -0.25) is 4.99 Å². The summed E-state index contributed by atoms with van der Waals surface area (Å²) in [5.41, 5.74) is 1.16. The fourth-order valence-corrected chi connectivity index (χ4v) is 4.07. The highest BCUT2D eigenvalue weighted by atomic mass is 32.1. The predicted octanol–water partition coefficient (Wildman–Crippen LogP) is 2.73. The van der Waals surface area contributed by atoms with Crippen LogP contribution in [0.2, 0.25) is 0 Å². The summed E-state index contributed by atoms with van der Waals surface area (Å²) in [5.74, 6) is 0.958. The van der Waals surface area contributed by atoms with Crippen LogP contribution in [0, 0.1) is 13.8 Å². The zero-order valence-electron chi connectivity index (χ0n) is 15.9. The van der Waals surface area contributed by atoms with E-state index < -0.39 is 0 Å². The highest BCUT2D eigenvalue weighted by molar-refractivity contribution is 7.11. The number of rotatable bonds is 6. The molecular formula is C18H33N5S. The van der Waals surface area contributed by atoms with Gasteiger partial charge in [-0.15, -0.1) is 11.3 Å². The van der Waals surface area contributed by atoms with Crippen LogP contribution in [0.15, 0.2) is 4.99 Å². The number of guanidine groups is 1. The number of thiazole rings is 1. The van der Waals surface area contributed by atoms with E-state index in [0.717, 1.165) is 36.2 Å². The van der Waals surface area contributed by atoms with Crippen molar-refractivity contribution in [2.75, 3.05) is 26.2 Å². The summed E-state index contributed by atoms with van der Waals surface area (Å²) in [5, 5.41) is 8.15. The van der Waals surface area contributed by atoms with Crippen molar-refractivity contribution in [2.24, 2.45) is 4.99 Å². The Morgan fingerprint density at radius 1 is 1.33 bits per heavy atom. The van der Waals surface area contributed by atoms with E-state index >= 15 is 0 Å². The Hall–Kier alpha value is -1.14. The lowest BCUT2D eigenvalue weighted by Gasteiger charge is -2.35. The lowest BCUT2D eigenvalue weighted by molar-refractivity contribution is 0.167. The number of hydrogen-bond acceptors (Lipinski definition) is 4. The SMILES string of the molecule is CCNC(=NCCc1sc(C)nc1C)NC1CCN(C(C)C)CC1. The number of nitrogens with zero attached hydrogens (tertiary/aromatic N) is 3. The van der Waals surface area contributed by atoms with Crippen LogP contribution in [0.3, 0.4) is 0 Å². The summed E-state index contributed by atoms with van der Waals surface area (Å²) < 4.78 is 0. The Labute approximate surface area is 151 Å². The standard InChI is InChI=1S/C18H33N5S/c1-6-19-18(20-10-7-17-14(4)21-15(5)24-17)22-16-8-11-23(12-9-16)13(2)3/h13,16H,6-12H2,1-5H3,(H2,19,20,22). The normalized spacial score (nSPS) is 17.5. The lowest BCUT2D eigenvalue weighted by Crippen LogP contribution is -2.49. The highest BCUT2D eigenvalue weighted by Gasteiger charge is 2.21. The molecule has 1 aromatic rings. The number of nitrogens with one attached hydrogen (secondary N) is 2. The second kappa shape index (κ2) is 9.37. The Kier molecular flexibility index (Phi) is 7.49. The number of likely N-dealkylation sites (tertiary alicyclic amines) is 1. The molecule has 1 aliphatic heterocycles. The summed E-state index contributed by atoms with van der Waals surface area (Å²) in [7, 11) is 0. The van der Waals surface area contributed by atoms with Crippen molar-refractivity contribution in [1.29, 1.82) is 0 Å². The number of hydrogen-bond donors (Lipinski definition) is 2. The first-order chi connectivity index (χ1) is 11.5. The molecular weight excluding hydrogens is 318 g/mol. The third kappa shape index (κ3) is 5.74. The molecule has 0 spiro atoms. The predicted molar refractivity (Wildman–Crippen MR) is 104 cm³/mol. The molecule has 0 bridgehead atoms. The summed E-state index contributed by atoms with van der Waals surface area (Å²) in [6, 6.07) is 1.18. The van der Waals surface area contributed by atoms with Gasteiger partial charge in [0.2, 0.25) is 0 Å². The van der Waals surface area contributed by atoms with E-state index in [9.17, 15) is 0 Å². The first-order valence-corrected chi connectivity index (χ1v) is 10.0.